The van der Waals surface area contributed by atoms with Crippen LogP contribution < -0.4 is 28.4 Å². The number of methoxy groups -OCH3 is 4. The van der Waals surface area contributed by atoms with Crippen molar-refractivity contribution in [2.75, 3.05) is 28.4 Å². The SMILES string of the molecule is COc1cc(/C=C(C(=O)O)/C(=C/c2cc(OC)c(OCc3ccccc3)c(OC)c2)C(=O)O)cc(OC)c1OCc1ccccc1. The Morgan fingerprint density at radius 2 is 0.848 bits per heavy atom. The lowest BCUT2D eigenvalue weighted by Crippen LogP contribution is -2.11. The van der Waals surface area contributed by atoms with E-state index in [0.717, 1.165) is 11.1 Å². The van der Waals surface area contributed by atoms with Gasteiger partial charge in [0.2, 0.25) is 11.5 Å². The first-order valence-corrected chi connectivity index (χ1v) is 14.0. The standard InChI is InChI=1S/C36H34O10/c1-41-29-17-25(18-30(42-2)33(29)45-21-23-11-7-5-8-12-23)15-27(35(37)38)28(36(39)40)16-26-19-31(43-3)34(32(20-26)44-4)46-22-24-13-9-6-10-14-24/h5-20H,21-22H2,1-4H3,(H,37,38)(H,39,40)/b27-15-,28-16-. The van der Waals surface area contributed by atoms with Gasteiger partial charge in [-0.3, -0.25) is 0 Å². The van der Waals surface area contributed by atoms with Crippen LogP contribution in [0.2, 0.25) is 0 Å². The van der Waals surface area contributed by atoms with Crippen LogP contribution in [0.25, 0.3) is 12.2 Å². The molecule has 0 fully saturated rings. The quantitative estimate of drug-likeness (QED) is 0.111. The molecule has 0 aliphatic carbocycles. The van der Waals surface area contributed by atoms with Crippen LogP contribution in [0.3, 0.4) is 0 Å². The topological polar surface area (TPSA) is 130 Å². The smallest absolute Gasteiger partial charge is 0.336 e. The number of carboxylic acids is 2. The summed E-state index contributed by atoms with van der Waals surface area (Å²) in [4.78, 5) is 24.9. The summed E-state index contributed by atoms with van der Waals surface area (Å²) in [6, 6.07) is 25.1. The maximum atomic E-state index is 12.5. The van der Waals surface area contributed by atoms with Crippen molar-refractivity contribution < 1.29 is 48.2 Å². The van der Waals surface area contributed by atoms with Gasteiger partial charge in [-0.1, -0.05) is 60.7 Å². The van der Waals surface area contributed by atoms with E-state index in [2.05, 4.69) is 0 Å². The van der Waals surface area contributed by atoms with E-state index in [-0.39, 0.29) is 36.2 Å². The fourth-order valence-electron chi connectivity index (χ4n) is 4.55. The highest BCUT2D eigenvalue weighted by Crippen LogP contribution is 2.41. The van der Waals surface area contributed by atoms with Gasteiger partial charge < -0.3 is 38.6 Å². The van der Waals surface area contributed by atoms with E-state index in [1.165, 1.54) is 64.9 Å². The van der Waals surface area contributed by atoms with Crippen LogP contribution in [-0.2, 0) is 22.8 Å². The predicted molar refractivity (Wildman–Crippen MR) is 172 cm³/mol. The molecule has 0 amide bonds. The molecule has 10 nitrogen and oxygen atoms in total. The van der Waals surface area contributed by atoms with Crippen molar-refractivity contribution in [1.82, 2.24) is 0 Å². The van der Waals surface area contributed by atoms with Gasteiger partial charge in [-0.25, -0.2) is 9.59 Å². The Bertz CT molecular complexity index is 1550. The summed E-state index contributed by atoms with van der Waals surface area (Å²) in [6.07, 6.45) is 2.44. The van der Waals surface area contributed by atoms with Crippen molar-refractivity contribution in [2.24, 2.45) is 0 Å². The van der Waals surface area contributed by atoms with E-state index in [1.807, 2.05) is 60.7 Å². The van der Waals surface area contributed by atoms with Crippen LogP contribution in [-0.4, -0.2) is 50.6 Å². The van der Waals surface area contributed by atoms with Crippen LogP contribution in [0.1, 0.15) is 22.3 Å². The monoisotopic (exact) mass is 626 g/mol. The van der Waals surface area contributed by atoms with Crippen LogP contribution in [0, 0.1) is 0 Å². The van der Waals surface area contributed by atoms with Gasteiger partial charge in [-0.15, -0.1) is 0 Å². The van der Waals surface area contributed by atoms with E-state index in [1.54, 1.807) is 0 Å². The molecule has 2 N–H and O–H groups in total. The third-order valence-corrected chi connectivity index (χ3v) is 6.79. The Balaban J connectivity index is 1.72. The molecule has 4 aromatic carbocycles. The summed E-state index contributed by atoms with van der Waals surface area (Å²) in [7, 11) is 5.75. The molecule has 4 rings (SSSR count). The van der Waals surface area contributed by atoms with Gasteiger partial charge in [0.1, 0.15) is 13.2 Å². The number of hydrogen-bond donors (Lipinski definition) is 2. The first kappa shape index (κ1) is 33.0. The second-order valence-corrected chi connectivity index (χ2v) is 9.78. The highest BCUT2D eigenvalue weighted by atomic mass is 16.5. The van der Waals surface area contributed by atoms with Gasteiger partial charge in [0.25, 0.3) is 0 Å². The zero-order valence-corrected chi connectivity index (χ0v) is 25.8. The number of hydrogen-bond acceptors (Lipinski definition) is 8. The summed E-state index contributed by atoms with van der Waals surface area (Å²) >= 11 is 0. The van der Waals surface area contributed by atoms with Crippen molar-refractivity contribution >= 4 is 24.1 Å². The van der Waals surface area contributed by atoms with Gasteiger partial charge in [0.05, 0.1) is 39.6 Å². The Morgan fingerprint density at radius 3 is 1.11 bits per heavy atom. The average Bonchev–Trinajstić information content (AvgIpc) is 3.08. The number of benzene rings is 4. The van der Waals surface area contributed by atoms with Crippen LogP contribution in [0.15, 0.2) is 96.1 Å². The molecule has 0 unspecified atom stereocenters. The molecular formula is C36H34O10. The lowest BCUT2D eigenvalue weighted by Gasteiger charge is -2.16. The zero-order chi connectivity index (χ0) is 33.1. The molecule has 0 aliphatic rings. The summed E-state index contributed by atoms with van der Waals surface area (Å²) in [6.45, 7) is 0.468. The second kappa shape index (κ2) is 15.7. The molecule has 0 aromatic heterocycles. The molecular weight excluding hydrogens is 592 g/mol. The van der Waals surface area contributed by atoms with Crippen LogP contribution in [0.5, 0.6) is 34.5 Å². The Kier molecular flexibility index (Phi) is 11.3. The fourth-order valence-corrected chi connectivity index (χ4v) is 4.55. The van der Waals surface area contributed by atoms with Gasteiger partial charge in [-0.2, -0.15) is 0 Å². The van der Waals surface area contributed by atoms with Gasteiger partial charge >= 0.3 is 11.9 Å². The maximum absolute atomic E-state index is 12.5. The van der Waals surface area contributed by atoms with Crippen molar-refractivity contribution in [2.45, 2.75) is 13.2 Å². The Morgan fingerprint density at radius 1 is 0.543 bits per heavy atom. The van der Waals surface area contributed by atoms with Crippen molar-refractivity contribution in [3.8, 4) is 34.5 Å². The molecule has 0 radical (unpaired) electrons. The largest absolute Gasteiger partial charge is 0.493 e. The van der Waals surface area contributed by atoms with Crippen LogP contribution in [0.4, 0.5) is 0 Å². The molecule has 238 valence electrons. The normalized spacial score (nSPS) is 11.4. The molecule has 0 aliphatic heterocycles. The fraction of sp³-hybridized carbons (Fsp3) is 0.167. The molecule has 0 spiro atoms. The molecule has 0 saturated carbocycles. The number of ether oxygens (including phenoxy) is 6. The molecule has 4 aromatic rings. The van der Waals surface area contributed by atoms with Gasteiger partial charge in [0.15, 0.2) is 23.0 Å². The molecule has 10 heteroatoms. The lowest BCUT2D eigenvalue weighted by molar-refractivity contribution is -0.136. The molecule has 46 heavy (non-hydrogen) atoms. The third kappa shape index (κ3) is 8.17. The summed E-state index contributed by atoms with van der Waals surface area (Å²) < 4.78 is 34.0. The van der Waals surface area contributed by atoms with E-state index in [9.17, 15) is 19.8 Å². The minimum atomic E-state index is -1.46. The predicted octanol–water partition coefficient (Wildman–Crippen LogP) is 6.52. The Labute approximate surface area is 266 Å². The average molecular weight is 627 g/mol. The lowest BCUT2D eigenvalue weighted by atomic mass is 9.99. The number of rotatable bonds is 15. The zero-order valence-electron chi connectivity index (χ0n) is 25.8. The van der Waals surface area contributed by atoms with E-state index in [4.69, 9.17) is 28.4 Å². The molecule has 0 bridgehead atoms. The first-order valence-electron chi connectivity index (χ1n) is 14.0. The van der Waals surface area contributed by atoms with Crippen molar-refractivity contribution in [1.29, 1.82) is 0 Å². The van der Waals surface area contributed by atoms with E-state index in [0.29, 0.717) is 22.6 Å². The van der Waals surface area contributed by atoms with Crippen molar-refractivity contribution in [3.63, 3.8) is 0 Å². The minimum Gasteiger partial charge on any atom is -0.493 e. The number of aliphatic carboxylic acids is 2. The van der Waals surface area contributed by atoms with Gasteiger partial charge in [0, 0.05) is 0 Å². The third-order valence-electron chi connectivity index (χ3n) is 6.79. The summed E-state index contributed by atoms with van der Waals surface area (Å²) in [5.41, 5.74) is 1.48. The number of carbonyl (C=O) groups is 2. The number of carboxylic acid groups (broad SMARTS) is 2. The van der Waals surface area contributed by atoms with E-state index < -0.39 is 23.1 Å². The molecule has 0 atom stereocenters. The highest BCUT2D eigenvalue weighted by molar-refractivity contribution is 6.11. The van der Waals surface area contributed by atoms with Crippen molar-refractivity contribution in [3.05, 3.63) is 118 Å². The Hall–Kier alpha value is -5.90. The van der Waals surface area contributed by atoms with Crippen LogP contribution >= 0.6 is 0 Å². The van der Waals surface area contributed by atoms with Gasteiger partial charge in [-0.05, 0) is 58.7 Å². The first-order chi connectivity index (χ1) is 22.3. The second-order valence-electron chi connectivity index (χ2n) is 9.78. The molecule has 0 saturated heterocycles. The molecule has 0 heterocycles. The summed E-state index contributed by atoms with van der Waals surface area (Å²) in [5.74, 6) is -1.22. The minimum absolute atomic E-state index is 0.234. The van der Waals surface area contributed by atoms with E-state index >= 15 is 0 Å². The maximum Gasteiger partial charge on any atom is 0.336 e. The highest BCUT2D eigenvalue weighted by Gasteiger charge is 2.23. The summed E-state index contributed by atoms with van der Waals surface area (Å²) in [5, 5.41) is 20.3.